The second kappa shape index (κ2) is 7.74. The lowest BCUT2D eigenvalue weighted by molar-refractivity contribution is -0.0393. The molecule has 2 N–H and O–H groups in total. The van der Waals surface area contributed by atoms with E-state index >= 15 is 0 Å². The van der Waals surface area contributed by atoms with E-state index in [1.54, 1.807) is 7.11 Å². The highest BCUT2D eigenvalue weighted by Crippen LogP contribution is 2.39. The fourth-order valence-corrected chi connectivity index (χ4v) is 4.01. The maximum Gasteiger partial charge on any atom is 0.118 e. The molecule has 0 saturated heterocycles. The smallest absolute Gasteiger partial charge is 0.118 e. The molecule has 2 aromatic rings. The van der Waals surface area contributed by atoms with Gasteiger partial charge in [0.1, 0.15) is 11.4 Å². The highest BCUT2D eigenvalue weighted by molar-refractivity contribution is 6.22. The van der Waals surface area contributed by atoms with Crippen LogP contribution in [0.4, 0.5) is 0 Å². The second-order valence-corrected chi connectivity index (χ2v) is 8.12. The minimum Gasteiger partial charge on any atom is -0.497 e. The Bertz CT molecular complexity index is 893. The zero-order valence-corrected chi connectivity index (χ0v) is 16.6. The van der Waals surface area contributed by atoms with Crippen molar-refractivity contribution in [1.29, 1.82) is 0 Å². The first-order valence-corrected chi connectivity index (χ1v) is 10.1. The zero-order chi connectivity index (χ0) is 19.7. The number of methoxy groups -OCH3 is 1. The highest BCUT2D eigenvalue weighted by Gasteiger charge is 2.37. The number of hydrogen-bond acceptors (Lipinski definition) is 4. The summed E-state index contributed by atoms with van der Waals surface area (Å²) in [6.45, 7) is 0. The number of alkyl halides is 1. The van der Waals surface area contributed by atoms with E-state index in [4.69, 9.17) is 21.4 Å². The highest BCUT2D eigenvalue weighted by atomic mass is 35.5. The van der Waals surface area contributed by atoms with Gasteiger partial charge in [0.2, 0.25) is 0 Å². The molecule has 148 valence electrons. The molecule has 28 heavy (non-hydrogen) atoms. The van der Waals surface area contributed by atoms with Gasteiger partial charge in [-0.05, 0) is 68.5 Å². The molecule has 1 fully saturated rings. The maximum absolute atomic E-state index is 11.2. The number of benzene rings is 1. The Hall–Kier alpha value is -2.08. The Morgan fingerprint density at radius 3 is 2.54 bits per heavy atom. The van der Waals surface area contributed by atoms with Crippen molar-refractivity contribution in [3.63, 3.8) is 0 Å². The van der Waals surface area contributed by atoms with Gasteiger partial charge in [-0.25, -0.2) is 4.68 Å². The maximum atomic E-state index is 11.2. The molecular weight excluding hydrogens is 376 g/mol. The Labute approximate surface area is 169 Å². The van der Waals surface area contributed by atoms with E-state index in [0.717, 1.165) is 29.1 Å². The number of aliphatic hydroxyl groups excluding tert-OH is 1. The van der Waals surface area contributed by atoms with Crippen LogP contribution in [0.1, 0.15) is 37.8 Å². The van der Waals surface area contributed by atoms with Crippen LogP contribution in [0, 0.1) is 0 Å². The van der Waals surface area contributed by atoms with Gasteiger partial charge < -0.3 is 14.9 Å². The summed E-state index contributed by atoms with van der Waals surface area (Å²) < 4.78 is 7.14. The van der Waals surface area contributed by atoms with Gasteiger partial charge in [-0.15, -0.1) is 11.6 Å². The van der Waals surface area contributed by atoms with Gasteiger partial charge in [0.15, 0.2) is 0 Å². The van der Waals surface area contributed by atoms with Gasteiger partial charge in [-0.1, -0.05) is 12.2 Å². The first-order chi connectivity index (χ1) is 13.5. The van der Waals surface area contributed by atoms with Crippen LogP contribution in [-0.2, 0) is 5.60 Å². The van der Waals surface area contributed by atoms with Crippen LogP contribution in [0.5, 0.6) is 5.75 Å². The van der Waals surface area contributed by atoms with Gasteiger partial charge in [-0.2, -0.15) is 5.10 Å². The molecule has 4 rings (SSSR count). The molecule has 1 unspecified atom stereocenters. The average Bonchev–Trinajstić information content (AvgIpc) is 3.17. The summed E-state index contributed by atoms with van der Waals surface area (Å²) in [5.74, 6) is 0.789. The van der Waals surface area contributed by atoms with Crippen molar-refractivity contribution >= 4 is 17.3 Å². The SMILES string of the molecule is COc1ccc(-c2cc(C3(O)CCC(O)CC3)nn2C2=CCC(Cl)C=C2)cc1. The fourth-order valence-electron chi connectivity index (χ4n) is 3.85. The van der Waals surface area contributed by atoms with E-state index in [1.807, 2.05) is 47.2 Å². The molecular formula is C22H25ClN2O3. The second-order valence-electron chi connectivity index (χ2n) is 7.56. The normalized spacial score (nSPS) is 27.5. The lowest BCUT2D eigenvalue weighted by Crippen LogP contribution is -2.33. The molecule has 0 spiro atoms. The standard InChI is InChI=1S/C22H25ClN2O3/c1-28-19-8-2-15(3-9-19)20-14-21(22(27)12-10-18(26)11-13-22)24-25(20)17-6-4-16(23)5-7-17/h2-4,6-9,14,16,18,26-27H,5,10-13H2,1H3. The van der Waals surface area contributed by atoms with Crippen molar-refractivity contribution in [1.82, 2.24) is 9.78 Å². The van der Waals surface area contributed by atoms with Crippen molar-refractivity contribution in [3.05, 3.63) is 54.3 Å². The van der Waals surface area contributed by atoms with E-state index in [9.17, 15) is 10.2 Å². The average molecular weight is 401 g/mol. The summed E-state index contributed by atoms with van der Waals surface area (Å²) in [7, 11) is 1.64. The molecule has 5 nitrogen and oxygen atoms in total. The Balaban J connectivity index is 1.76. The summed E-state index contributed by atoms with van der Waals surface area (Å²) in [5, 5.41) is 25.8. The first-order valence-electron chi connectivity index (χ1n) is 9.67. The molecule has 2 aliphatic carbocycles. The molecule has 1 heterocycles. The Kier molecular flexibility index (Phi) is 5.32. The molecule has 2 aliphatic rings. The van der Waals surface area contributed by atoms with Gasteiger partial charge >= 0.3 is 0 Å². The lowest BCUT2D eigenvalue weighted by atomic mass is 9.81. The number of allylic oxidation sites excluding steroid dienone is 4. The van der Waals surface area contributed by atoms with E-state index in [0.29, 0.717) is 31.4 Å². The molecule has 1 aromatic heterocycles. The molecule has 0 amide bonds. The number of rotatable bonds is 4. The van der Waals surface area contributed by atoms with Crippen molar-refractivity contribution in [3.8, 4) is 17.0 Å². The molecule has 0 bridgehead atoms. The minimum absolute atomic E-state index is 0.00719. The topological polar surface area (TPSA) is 67.5 Å². The molecule has 1 aromatic carbocycles. The van der Waals surface area contributed by atoms with Gasteiger partial charge in [0.05, 0.1) is 35.7 Å². The number of ether oxygens (including phenoxy) is 1. The van der Waals surface area contributed by atoms with Crippen LogP contribution in [-0.4, -0.2) is 38.6 Å². The predicted octanol–water partition coefficient (Wildman–Crippen LogP) is 4.09. The zero-order valence-electron chi connectivity index (χ0n) is 15.9. The fraction of sp³-hybridized carbons (Fsp3) is 0.409. The number of aromatic nitrogens is 2. The number of halogens is 1. The predicted molar refractivity (Wildman–Crippen MR) is 110 cm³/mol. The van der Waals surface area contributed by atoms with E-state index < -0.39 is 5.60 Å². The van der Waals surface area contributed by atoms with Gasteiger partial charge in [0, 0.05) is 5.56 Å². The van der Waals surface area contributed by atoms with Crippen LogP contribution in [0.15, 0.2) is 48.6 Å². The largest absolute Gasteiger partial charge is 0.497 e. The van der Waals surface area contributed by atoms with Crippen molar-refractivity contribution in [2.45, 2.75) is 49.2 Å². The van der Waals surface area contributed by atoms with Crippen LogP contribution in [0.25, 0.3) is 17.0 Å². The number of hydrogen-bond donors (Lipinski definition) is 2. The molecule has 0 radical (unpaired) electrons. The summed E-state index contributed by atoms with van der Waals surface area (Å²) >= 11 is 6.18. The van der Waals surface area contributed by atoms with Crippen molar-refractivity contribution in [2.24, 2.45) is 0 Å². The van der Waals surface area contributed by atoms with Crippen LogP contribution < -0.4 is 4.74 Å². The first kappa shape index (κ1) is 19.2. The third kappa shape index (κ3) is 3.75. The summed E-state index contributed by atoms with van der Waals surface area (Å²) in [4.78, 5) is 0. The van der Waals surface area contributed by atoms with E-state index in [2.05, 4.69) is 6.08 Å². The summed E-state index contributed by atoms with van der Waals surface area (Å²) in [5.41, 5.74) is 2.46. The number of nitrogens with zero attached hydrogens (tertiary/aromatic N) is 2. The van der Waals surface area contributed by atoms with Crippen LogP contribution in [0.2, 0.25) is 0 Å². The van der Waals surface area contributed by atoms with E-state index in [1.165, 1.54) is 0 Å². The van der Waals surface area contributed by atoms with E-state index in [-0.39, 0.29) is 11.5 Å². The molecule has 1 atom stereocenters. The van der Waals surface area contributed by atoms with Crippen molar-refractivity contribution in [2.75, 3.05) is 7.11 Å². The lowest BCUT2D eigenvalue weighted by Gasteiger charge is -2.32. The quantitative estimate of drug-likeness (QED) is 0.758. The molecule has 6 heteroatoms. The third-order valence-corrected chi connectivity index (χ3v) is 5.95. The Morgan fingerprint density at radius 1 is 1.21 bits per heavy atom. The summed E-state index contributed by atoms with van der Waals surface area (Å²) in [6.07, 6.45) is 8.57. The molecule has 0 aliphatic heterocycles. The Morgan fingerprint density at radius 2 is 1.93 bits per heavy atom. The van der Waals surface area contributed by atoms with Crippen LogP contribution in [0.3, 0.4) is 0 Å². The van der Waals surface area contributed by atoms with Crippen molar-refractivity contribution < 1.29 is 14.9 Å². The minimum atomic E-state index is -1.01. The monoisotopic (exact) mass is 400 g/mol. The number of aliphatic hydroxyl groups is 2. The third-order valence-electron chi connectivity index (χ3n) is 5.63. The summed E-state index contributed by atoms with van der Waals surface area (Å²) in [6, 6.07) is 9.77. The van der Waals surface area contributed by atoms with Crippen LogP contribution >= 0.6 is 11.6 Å². The molecule has 1 saturated carbocycles. The van der Waals surface area contributed by atoms with Gasteiger partial charge in [-0.3, -0.25) is 0 Å². The van der Waals surface area contributed by atoms with Gasteiger partial charge in [0.25, 0.3) is 0 Å².